The number of nitrogens with one attached hydrogen (secondary N) is 2. The number of carboxylic acid groups (broad SMARTS) is 1. The van der Waals surface area contributed by atoms with Gasteiger partial charge in [0.25, 0.3) is 0 Å². The van der Waals surface area contributed by atoms with Gasteiger partial charge in [0.15, 0.2) is 0 Å². The van der Waals surface area contributed by atoms with Gasteiger partial charge in [-0.05, 0) is 18.1 Å². The molecule has 0 saturated carbocycles. The highest BCUT2D eigenvalue weighted by Gasteiger charge is 2.18. The van der Waals surface area contributed by atoms with Gasteiger partial charge in [-0.3, -0.25) is 9.89 Å². The van der Waals surface area contributed by atoms with Crippen LogP contribution in [0, 0.1) is 0 Å². The number of aromatic carboxylic acids is 1. The second kappa shape index (κ2) is 7.71. The standard InChI is InChI=1S/C16H19N3O5/c1-9(20)17-7-6-14(21)15(22)11-4-2-10(3-5-11)12-8-13(16(23)24)19-18-12/h2-5,8,14-15,21-22H,6-7H2,1H3,(H,17,20)(H,18,19)(H,23,24). The number of rotatable bonds is 7. The van der Waals surface area contributed by atoms with Crippen molar-refractivity contribution < 1.29 is 24.9 Å². The zero-order valence-electron chi connectivity index (χ0n) is 13.1. The number of carbonyl (C=O) groups is 2. The van der Waals surface area contributed by atoms with Gasteiger partial charge in [0.1, 0.15) is 11.8 Å². The van der Waals surface area contributed by atoms with Crippen LogP contribution in [0.4, 0.5) is 0 Å². The van der Waals surface area contributed by atoms with Gasteiger partial charge in [-0.25, -0.2) is 4.79 Å². The Balaban J connectivity index is 2.02. The molecule has 0 aliphatic carbocycles. The molecule has 2 aromatic rings. The molecule has 24 heavy (non-hydrogen) atoms. The summed E-state index contributed by atoms with van der Waals surface area (Å²) in [7, 11) is 0. The lowest BCUT2D eigenvalue weighted by Gasteiger charge is -2.18. The van der Waals surface area contributed by atoms with Gasteiger partial charge in [-0.1, -0.05) is 24.3 Å². The maximum atomic E-state index is 10.8. The summed E-state index contributed by atoms with van der Waals surface area (Å²) in [5, 5.41) is 37.8. The number of aromatic nitrogens is 2. The van der Waals surface area contributed by atoms with E-state index >= 15 is 0 Å². The third kappa shape index (κ3) is 4.40. The van der Waals surface area contributed by atoms with E-state index in [0.717, 1.165) is 0 Å². The summed E-state index contributed by atoms with van der Waals surface area (Å²) in [5.41, 5.74) is 1.66. The highest BCUT2D eigenvalue weighted by Crippen LogP contribution is 2.23. The molecular formula is C16H19N3O5. The van der Waals surface area contributed by atoms with Crippen LogP contribution in [0.1, 0.15) is 35.5 Å². The lowest BCUT2D eigenvalue weighted by molar-refractivity contribution is -0.119. The van der Waals surface area contributed by atoms with Crippen LogP contribution < -0.4 is 5.32 Å². The van der Waals surface area contributed by atoms with Gasteiger partial charge in [-0.2, -0.15) is 5.10 Å². The Morgan fingerprint density at radius 2 is 1.92 bits per heavy atom. The van der Waals surface area contributed by atoms with E-state index in [-0.39, 0.29) is 24.6 Å². The number of hydrogen-bond donors (Lipinski definition) is 5. The van der Waals surface area contributed by atoms with E-state index in [1.165, 1.54) is 13.0 Å². The van der Waals surface area contributed by atoms with Gasteiger partial charge >= 0.3 is 5.97 Å². The van der Waals surface area contributed by atoms with E-state index in [4.69, 9.17) is 5.11 Å². The lowest BCUT2D eigenvalue weighted by atomic mass is 10.00. The molecule has 5 N–H and O–H groups in total. The second-order valence-electron chi connectivity index (χ2n) is 5.38. The minimum absolute atomic E-state index is 0.0116. The summed E-state index contributed by atoms with van der Waals surface area (Å²) in [6, 6.07) is 8.05. The van der Waals surface area contributed by atoms with Gasteiger partial charge in [0.2, 0.25) is 5.91 Å². The van der Waals surface area contributed by atoms with Crippen LogP contribution in [0.3, 0.4) is 0 Å². The molecule has 0 radical (unpaired) electrons. The van der Waals surface area contributed by atoms with Crippen LogP contribution in [0.25, 0.3) is 11.3 Å². The molecule has 2 rings (SSSR count). The molecular weight excluding hydrogens is 314 g/mol. The molecule has 0 aliphatic rings. The van der Waals surface area contributed by atoms with Crippen LogP contribution in [-0.4, -0.2) is 50.0 Å². The number of carbonyl (C=O) groups excluding carboxylic acids is 1. The van der Waals surface area contributed by atoms with Crippen molar-refractivity contribution in [1.82, 2.24) is 15.5 Å². The second-order valence-corrected chi connectivity index (χ2v) is 5.38. The van der Waals surface area contributed by atoms with Gasteiger partial charge in [0, 0.05) is 19.0 Å². The number of benzene rings is 1. The van der Waals surface area contributed by atoms with Crippen LogP contribution in [0.15, 0.2) is 30.3 Å². The van der Waals surface area contributed by atoms with Gasteiger partial charge in [-0.15, -0.1) is 0 Å². The molecule has 8 heteroatoms. The molecule has 0 aliphatic heterocycles. The molecule has 2 unspecified atom stereocenters. The minimum Gasteiger partial charge on any atom is -0.477 e. The first-order valence-corrected chi connectivity index (χ1v) is 7.38. The van der Waals surface area contributed by atoms with E-state index in [9.17, 15) is 19.8 Å². The fourth-order valence-corrected chi connectivity index (χ4v) is 2.21. The van der Waals surface area contributed by atoms with E-state index in [0.29, 0.717) is 16.8 Å². The van der Waals surface area contributed by atoms with Crippen LogP contribution in [-0.2, 0) is 4.79 Å². The Hall–Kier alpha value is -2.71. The fourth-order valence-electron chi connectivity index (χ4n) is 2.21. The average Bonchev–Trinajstić information content (AvgIpc) is 3.04. The third-order valence-electron chi connectivity index (χ3n) is 3.53. The van der Waals surface area contributed by atoms with E-state index in [1.807, 2.05) is 0 Å². The molecule has 0 fully saturated rings. The third-order valence-corrected chi connectivity index (χ3v) is 3.53. The normalized spacial score (nSPS) is 13.3. The number of carboxylic acids is 1. The van der Waals surface area contributed by atoms with Gasteiger partial charge in [0.05, 0.1) is 11.8 Å². The summed E-state index contributed by atoms with van der Waals surface area (Å²) in [4.78, 5) is 21.6. The van der Waals surface area contributed by atoms with Crippen LogP contribution in [0.5, 0.6) is 0 Å². The molecule has 1 heterocycles. The average molecular weight is 333 g/mol. The smallest absolute Gasteiger partial charge is 0.353 e. The zero-order valence-corrected chi connectivity index (χ0v) is 13.1. The molecule has 0 saturated heterocycles. The number of H-pyrrole nitrogens is 1. The molecule has 0 bridgehead atoms. The van der Waals surface area contributed by atoms with Crippen LogP contribution in [0.2, 0.25) is 0 Å². The number of amides is 1. The monoisotopic (exact) mass is 333 g/mol. The first kappa shape index (κ1) is 17.6. The van der Waals surface area contributed by atoms with E-state index < -0.39 is 18.2 Å². The SMILES string of the molecule is CC(=O)NCCC(O)C(O)c1ccc(-c2cc(C(=O)O)[nH]n2)cc1. The highest BCUT2D eigenvalue weighted by atomic mass is 16.4. The molecule has 0 spiro atoms. The minimum atomic E-state index is -1.09. The number of hydrogen-bond acceptors (Lipinski definition) is 5. The topological polar surface area (TPSA) is 136 Å². The van der Waals surface area contributed by atoms with Crippen molar-refractivity contribution in [2.75, 3.05) is 6.54 Å². The molecule has 8 nitrogen and oxygen atoms in total. The summed E-state index contributed by atoms with van der Waals surface area (Å²) in [6.45, 7) is 1.66. The van der Waals surface area contributed by atoms with E-state index in [2.05, 4.69) is 15.5 Å². The zero-order chi connectivity index (χ0) is 17.7. The highest BCUT2D eigenvalue weighted by molar-refractivity contribution is 5.86. The summed E-state index contributed by atoms with van der Waals surface area (Å²) >= 11 is 0. The van der Waals surface area contributed by atoms with Crippen molar-refractivity contribution >= 4 is 11.9 Å². The maximum absolute atomic E-state index is 10.8. The number of nitrogens with zero attached hydrogens (tertiary/aromatic N) is 1. The number of aromatic amines is 1. The predicted molar refractivity (Wildman–Crippen MR) is 85.3 cm³/mol. The van der Waals surface area contributed by atoms with E-state index in [1.54, 1.807) is 24.3 Å². The summed E-state index contributed by atoms with van der Waals surface area (Å²) in [6.07, 6.45) is -1.86. The Morgan fingerprint density at radius 1 is 1.25 bits per heavy atom. The van der Waals surface area contributed by atoms with Crippen molar-refractivity contribution in [2.24, 2.45) is 0 Å². The summed E-state index contributed by atoms with van der Waals surface area (Å²) in [5.74, 6) is -1.29. The first-order chi connectivity index (χ1) is 11.4. The Labute approximate surface area is 138 Å². The Kier molecular flexibility index (Phi) is 5.67. The fraction of sp³-hybridized carbons (Fsp3) is 0.312. The predicted octanol–water partition coefficient (Wildman–Crippen LogP) is 0.695. The molecule has 128 valence electrons. The number of aliphatic hydroxyl groups is 2. The van der Waals surface area contributed by atoms with Gasteiger partial charge < -0.3 is 20.6 Å². The molecule has 1 aromatic carbocycles. The van der Waals surface area contributed by atoms with Crippen LogP contribution >= 0.6 is 0 Å². The van der Waals surface area contributed by atoms with Crippen molar-refractivity contribution in [3.8, 4) is 11.3 Å². The number of aliphatic hydroxyl groups excluding tert-OH is 2. The maximum Gasteiger partial charge on any atom is 0.353 e. The summed E-state index contributed by atoms with van der Waals surface area (Å²) < 4.78 is 0. The molecule has 2 atom stereocenters. The quantitative estimate of drug-likeness (QED) is 0.506. The Morgan fingerprint density at radius 3 is 2.46 bits per heavy atom. The molecule has 1 amide bonds. The van der Waals surface area contributed by atoms with Crippen molar-refractivity contribution in [1.29, 1.82) is 0 Å². The molecule has 1 aromatic heterocycles. The first-order valence-electron chi connectivity index (χ1n) is 7.38. The van der Waals surface area contributed by atoms with Crippen molar-refractivity contribution in [3.05, 3.63) is 41.6 Å². The largest absolute Gasteiger partial charge is 0.477 e. The lowest BCUT2D eigenvalue weighted by Crippen LogP contribution is -2.27. The Bertz CT molecular complexity index is 711. The van der Waals surface area contributed by atoms with Crippen molar-refractivity contribution in [3.63, 3.8) is 0 Å². The van der Waals surface area contributed by atoms with Crippen molar-refractivity contribution in [2.45, 2.75) is 25.6 Å².